The number of rotatable bonds is 6. The van der Waals surface area contributed by atoms with Gasteiger partial charge in [0.25, 0.3) is 0 Å². The Morgan fingerprint density at radius 2 is 1.79 bits per heavy atom. The van der Waals surface area contributed by atoms with Crippen LogP contribution < -0.4 is 15.4 Å². The highest BCUT2D eigenvalue weighted by Crippen LogP contribution is 2.30. The summed E-state index contributed by atoms with van der Waals surface area (Å²) in [7, 11) is 1.52. The van der Waals surface area contributed by atoms with Crippen molar-refractivity contribution in [3.8, 4) is 16.2 Å². The van der Waals surface area contributed by atoms with Crippen LogP contribution in [0.2, 0.25) is 0 Å². The second-order valence-corrected chi connectivity index (χ2v) is 8.16. The molecule has 0 fully saturated rings. The molecular formula is C22H19BrN2O3S. The van der Waals surface area contributed by atoms with Crippen molar-refractivity contribution in [3.63, 3.8) is 0 Å². The van der Waals surface area contributed by atoms with Crippen LogP contribution in [-0.4, -0.2) is 18.9 Å². The van der Waals surface area contributed by atoms with Crippen molar-refractivity contribution in [1.29, 1.82) is 0 Å². The van der Waals surface area contributed by atoms with Gasteiger partial charge < -0.3 is 15.4 Å². The van der Waals surface area contributed by atoms with E-state index in [4.69, 9.17) is 4.74 Å². The first-order valence-electron chi connectivity index (χ1n) is 8.75. The second kappa shape index (κ2) is 9.54. The van der Waals surface area contributed by atoms with Gasteiger partial charge in [-0.15, -0.1) is 11.3 Å². The lowest BCUT2D eigenvalue weighted by atomic mass is 10.2. The van der Waals surface area contributed by atoms with Crippen LogP contribution in [0.1, 0.15) is 11.8 Å². The highest BCUT2D eigenvalue weighted by molar-refractivity contribution is 9.10. The number of hydrogen-bond donors (Lipinski definition) is 2. The second-order valence-electron chi connectivity index (χ2n) is 6.13. The summed E-state index contributed by atoms with van der Waals surface area (Å²) in [6, 6.07) is 17.2. The number of ether oxygens (including phenoxy) is 1. The fourth-order valence-corrected chi connectivity index (χ4v) is 3.81. The average Bonchev–Trinajstić information content (AvgIpc) is 3.16. The number of carbonyl (C=O) groups excluding carboxylic acids is 2. The predicted molar refractivity (Wildman–Crippen MR) is 122 cm³/mol. The van der Waals surface area contributed by atoms with Crippen LogP contribution in [0.15, 0.2) is 65.1 Å². The van der Waals surface area contributed by atoms with E-state index in [-0.39, 0.29) is 11.8 Å². The Kier molecular flexibility index (Phi) is 6.85. The molecule has 2 amide bonds. The highest BCUT2D eigenvalue weighted by Gasteiger charge is 2.08. The monoisotopic (exact) mass is 470 g/mol. The maximum atomic E-state index is 12.4. The molecule has 148 valence electrons. The lowest BCUT2D eigenvalue weighted by Crippen LogP contribution is -2.10. The first-order valence-corrected chi connectivity index (χ1v) is 10.4. The van der Waals surface area contributed by atoms with Gasteiger partial charge >= 0.3 is 0 Å². The summed E-state index contributed by atoms with van der Waals surface area (Å²) >= 11 is 5.04. The van der Waals surface area contributed by atoms with Crippen molar-refractivity contribution < 1.29 is 14.3 Å². The summed E-state index contributed by atoms with van der Waals surface area (Å²) in [4.78, 5) is 25.7. The molecule has 2 N–H and O–H groups in total. The zero-order chi connectivity index (χ0) is 20.8. The summed E-state index contributed by atoms with van der Waals surface area (Å²) in [5.41, 5.74) is 2.19. The van der Waals surface area contributed by atoms with Crippen molar-refractivity contribution in [2.75, 3.05) is 17.7 Å². The molecule has 0 radical (unpaired) electrons. The number of halogens is 1. The number of hydrogen-bond acceptors (Lipinski definition) is 4. The molecule has 0 spiro atoms. The Morgan fingerprint density at radius 3 is 2.48 bits per heavy atom. The maximum absolute atomic E-state index is 12.4. The topological polar surface area (TPSA) is 67.4 Å². The van der Waals surface area contributed by atoms with Gasteiger partial charge in [0, 0.05) is 32.9 Å². The smallest absolute Gasteiger partial charge is 0.248 e. The van der Waals surface area contributed by atoms with Crippen molar-refractivity contribution in [1.82, 2.24) is 0 Å². The molecule has 0 aliphatic rings. The van der Waals surface area contributed by atoms with Crippen LogP contribution in [0, 0.1) is 0 Å². The van der Waals surface area contributed by atoms with Gasteiger partial charge in [-0.3, -0.25) is 9.59 Å². The highest BCUT2D eigenvalue weighted by atomic mass is 79.9. The Labute approximate surface area is 181 Å². The standard InChI is InChI=1S/C22H19BrN2O3S/c1-14(26)24-17-7-10-20(28-2)19(13-17)25-22(27)12-9-18-8-11-21(29-18)15-3-5-16(23)6-4-15/h3-13H,1-2H3,(H,24,26)(H,25,27)/b12-9+. The lowest BCUT2D eigenvalue weighted by Gasteiger charge is -2.11. The number of thiophene rings is 1. The average molecular weight is 471 g/mol. The Bertz CT molecular complexity index is 1060. The quantitative estimate of drug-likeness (QED) is 0.447. The van der Waals surface area contributed by atoms with Crippen molar-refractivity contribution >= 4 is 56.5 Å². The van der Waals surface area contributed by atoms with Gasteiger partial charge in [-0.1, -0.05) is 28.1 Å². The first kappa shape index (κ1) is 20.8. The van der Waals surface area contributed by atoms with Crippen molar-refractivity contribution in [3.05, 3.63) is 70.0 Å². The molecule has 0 aliphatic heterocycles. The number of methoxy groups -OCH3 is 1. The van der Waals surface area contributed by atoms with Crippen LogP contribution in [0.25, 0.3) is 16.5 Å². The van der Waals surface area contributed by atoms with Crippen molar-refractivity contribution in [2.45, 2.75) is 6.92 Å². The zero-order valence-corrected chi connectivity index (χ0v) is 18.3. The van der Waals surface area contributed by atoms with Crippen molar-refractivity contribution in [2.24, 2.45) is 0 Å². The van der Waals surface area contributed by atoms with Crippen LogP contribution >= 0.6 is 27.3 Å². The number of anilines is 2. The van der Waals surface area contributed by atoms with Gasteiger partial charge in [0.1, 0.15) is 5.75 Å². The molecule has 3 rings (SSSR count). The predicted octanol–water partition coefficient (Wildman–Crippen LogP) is 5.80. The van der Waals surface area contributed by atoms with E-state index in [9.17, 15) is 9.59 Å². The summed E-state index contributed by atoms with van der Waals surface area (Å²) in [5, 5.41) is 5.47. The van der Waals surface area contributed by atoms with Gasteiger partial charge in [0.2, 0.25) is 11.8 Å². The minimum Gasteiger partial charge on any atom is -0.495 e. The van der Waals surface area contributed by atoms with Crippen LogP contribution in [0.3, 0.4) is 0 Å². The Hall–Kier alpha value is -2.90. The number of benzene rings is 2. The largest absolute Gasteiger partial charge is 0.495 e. The summed E-state index contributed by atoms with van der Waals surface area (Å²) < 4.78 is 6.31. The molecule has 1 aromatic heterocycles. The van der Waals surface area contributed by atoms with E-state index in [1.807, 2.05) is 36.4 Å². The van der Waals surface area contributed by atoms with Gasteiger partial charge in [-0.25, -0.2) is 0 Å². The van der Waals surface area contributed by atoms with Crippen LogP contribution in [-0.2, 0) is 9.59 Å². The van der Waals surface area contributed by atoms with E-state index in [0.717, 1.165) is 19.8 Å². The van der Waals surface area contributed by atoms with E-state index >= 15 is 0 Å². The SMILES string of the molecule is COc1ccc(NC(C)=O)cc1NC(=O)/C=C/c1ccc(-c2ccc(Br)cc2)s1. The minimum absolute atomic E-state index is 0.188. The molecule has 2 aromatic carbocycles. The molecule has 0 saturated carbocycles. The molecule has 0 unspecified atom stereocenters. The molecule has 29 heavy (non-hydrogen) atoms. The number of amides is 2. The van der Waals surface area contributed by atoms with Crippen LogP contribution in [0.5, 0.6) is 5.75 Å². The minimum atomic E-state index is -0.290. The van der Waals surface area contributed by atoms with Gasteiger partial charge in [0.15, 0.2) is 0 Å². The van der Waals surface area contributed by atoms with E-state index in [1.165, 1.54) is 20.1 Å². The molecule has 0 atom stereocenters. The molecule has 1 heterocycles. The third kappa shape index (κ3) is 5.79. The fraction of sp³-hybridized carbons (Fsp3) is 0.0909. The zero-order valence-electron chi connectivity index (χ0n) is 15.9. The molecular weight excluding hydrogens is 452 g/mol. The van der Waals surface area contributed by atoms with Crippen LogP contribution in [0.4, 0.5) is 11.4 Å². The fourth-order valence-electron chi connectivity index (χ4n) is 2.63. The molecule has 7 heteroatoms. The lowest BCUT2D eigenvalue weighted by molar-refractivity contribution is -0.114. The molecule has 0 bridgehead atoms. The maximum Gasteiger partial charge on any atom is 0.248 e. The molecule has 0 saturated heterocycles. The van der Waals surface area contributed by atoms with E-state index < -0.39 is 0 Å². The molecule has 3 aromatic rings. The Balaban J connectivity index is 1.70. The van der Waals surface area contributed by atoms with E-state index in [1.54, 1.807) is 35.6 Å². The van der Waals surface area contributed by atoms with Gasteiger partial charge in [-0.05, 0) is 54.1 Å². The van der Waals surface area contributed by atoms with Gasteiger partial charge in [-0.2, -0.15) is 0 Å². The number of carbonyl (C=O) groups is 2. The molecule has 0 aliphatic carbocycles. The summed E-state index contributed by atoms with van der Waals surface area (Å²) in [6.07, 6.45) is 3.24. The van der Waals surface area contributed by atoms with E-state index in [0.29, 0.717) is 17.1 Å². The third-order valence-corrected chi connectivity index (χ3v) is 5.56. The molecule has 5 nitrogen and oxygen atoms in total. The van der Waals surface area contributed by atoms with E-state index in [2.05, 4.69) is 26.6 Å². The normalized spacial score (nSPS) is 10.7. The Morgan fingerprint density at radius 1 is 1.03 bits per heavy atom. The van der Waals surface area contributed by atoms with Gasteiger partial charge in [0.05, 0.1) is 12.8 Å². The third-order valence-electron chi connectivity index (χ3n) is 3.93. The summed E-state index contributed by atoms with van der Waals surface area (Å²) in [6.45, 7) is 1.43. The summed E-state index contributed by atoms with van der Waals surface area (Å²) in [5.74, 6) is 0.0305. The first-order chi connectivity index (χ1) is 13.9. The number of nitrogens with one attached hydrogen (secondary N) is 2.